The molecule has 0 spiro atoms. The van der Waals surface area contributed by atoms with Crippen LogP contribution in [-0.2, 0) is 11.3 Å². The van der Waals surface area contributed by atoms with E-state index in [4.69, 9.17) is 0 Å². The first kappa shape index (κ1) is 18.6. The van der Waals surface area contributed by atoms with Crippen LogP contribution in [0.25, 0.3) is 0 Å². The highest BCUT2D eigenvalue weighted by Gasteiger charge is 2.23. The highest BCUT2D eigenvalue weighted by Crippen LogP contribution is 2.33. The van der Waals surface area contributed by atoms with Gasteiger partial charge in [-0.1, -0.05) is 49.2 Å². The van der Waals surface area contributed by atoms with Crippen molar-refractivity contribution in [3.05, 3.63) is 48.6 Å². The maximum atomic E-state index is 13.6. The quantitative estimate of drug-likeness (QED) is 0.577. The summed E-state index contributed by atoms with van der Waals surface area (Å²) in [6.07, 6.45) is 7.81. The average molecular weight is 374 g/mol. The van der Waals surface area contributed by atoms with Crippen LogP contribution in [0, 0.1) is 5.82 Å². The van der Waals surface area contributed by atoms with Crippen molar-refractivity contribution >= 4 is 23.4 Å². The minimum absolute atomic E-state index is 0.147. The van der Waals surface area contributed by atoms with Gasteiger partial charge in [-0.05, 0) is 25.0 Å². The van der Waals surface area contributed by atoms with Crippen LogP contribution in [0.2, 0.25) is 0 Å². The van der Waals surface area contributed by atoms with E-state index in [0.717, 1.165) is 18.7 Å². The van der Waals surface area contributed by atoms with Crippen molar-refractivity contribution in [1.82, 2.24) is 14.8 Å². The summed E-state index contributed by atoms with van der Waals surface area (Å²) in [5.74, 6) is 0.848. The Morgan fingerprint density at radius 3 is 2.81 bits per heavy atom. The number of amides is 1. The summed E-state index contributed by atoms with van der Waals surface area (Å²) in [7, 11) is 0. The fourth-order valence-electron chi connectivity index (χ4n) is 3.25. The second-order valence-corrected chi connectivity index (χ2v) is 7.33. The summed E-state index contributed by atoms with van der Waals surface area (Å²) in [6, 6.07) is 6.13. The lowest BCUT2D eigenvalue weighted by Gasteiger charge is -2.21. The summed E-state index contributed by atoms with van der Waals surface area (Å²) < 4.78 is 15.7. The highest BCUT2D eigenvalue weighted by molar-refractivity contribution is 7.99. The number of hydrogen-bond acceptors (Lipinski definition) is 4. The molecule has 1 N–H and O–H groups in total. The molecule has 7 heteroatoms. The molecule has 0 aliphatic heterocycles. The van der Waals surface area contributed by atoms with Crippen LogP contribution in [0.4, 0.5) is 10.1 Å². The zero-order chi connectivity index (χ0) is 18.4. The molecule has 1 fully saturated rings. The van der Waals surface area contributed by atoms with Crippen molar-refractivity contribution < 1.29 is 9.18 Å². The molecule has 5 nitrogen and oxygen atoms in total. The number of aromatic nitrogens is 3. The van der Waals surface area contributed by atoms with E-state index < -0.39 is 5.82 Å². The Kier molecular flexibility index (Phi) is 6.44. The van der Waals surface area contributed by atoms with E-state index in [1.165, 1.54) is 37.1 Å². The van der Waals surface area contributed by atoms with E-state index in [-0.39, 0.29) is 17.3 Å². The smallest absolute Gasteiger partial charge is 0.234 e. The second kappa shape index (κ2) is 8.98. The van der Waals surface area contributed by atoms with Crippen molar-refractivity contribution in [2.75, 3.05) is 11.1 Å². The van der Waals surface area contributed by atoms with Gasteiger partial charge in [0, 0.05) is 12.5 Å². The SMILES string of the molecule is C=CCn1c(SCC(=O)Nc2ccccc2F)nnc1C1CCCCC1. The molecular formula is C19H23FN4OS. The lowest BCUT2D eigenvalue weighted by atomic mass is 9.89. The molecule has 26 heavy (non-hydrogen) atoms. The van der Waals surface area contributed by atoms with Gasteiger partial charge in [0.2, 0.25) is 5.91 Å². The fraction of sp³-hybridized carbons (Fsp3) is 0.421. The summed E-state index contributed by atoms with van der Waals surface area (Å²) >= 11 is 1.31. The number of nitrogens with zero attached hydrogens (tertiary/aromatic N) is 3. The molecule has 1 aromatic heterocycles. The Morgan fingerprint density at radius 2 is 2.08 bits per heavy atom. The number of allylic oxidation sites excluding steroid dienone is 1. The standard InChI is InChI=1S/C19H23FN4OS/c1-2-12-24-18(14-8-4-3-5-9-14)22-23-19(24)26-13-17(25)21-16-11-7-6-10-15(16)20/h2,6-7,10-11,14H,1,3-5,8-9,12-13H2,(H,21,25). The molecule has 0 radical (unpaired) electrons. The number of anilines is 1. The lowest BCUT2D eigenvalue weighted by Crippen LogP contribution is -2.16. The molecule has 1 aromatic carbocycles. The first-order valence-electron chi connectivity index (χ1n) is 8.90. The molecule has 0 bridgehead atoms. The third kappa shape index (κ3) is 4.52. The lowest BCUT2D eigenvalue weighted by molar-refractivity contribution is -0.113. The predicted octanol–water partition coefficient (Wildman–Crippen LogP) is 4.38. The average Bonchev–Trinajstić information content (AvgIpc) is 3.06. The van der Waals surface area contributed by atoms with Gasteiger partial charge in [-0.25, -0.2) is 4.39 Å². The number of nitrogens with one attached hydrogen (secondary N) is 1. The number of carbonyl (C=O) groups excluding carboxylic acids is 1. The Bertz CT molecular complexity index is 771. The number of hydrogen-bond donors (Lipinski definition) is 1. The molecular weight excluding hydrogens is 351 g/mol. The topological polar surface area (TPSA) is 59.8 Å². The Hall–Kier alpha value is -2.15. The monoisotopic (exact) mass is 374 g/mol. The summed E-state index contributed by atoms with van der Waals surface area (Å²) in [5.41, 5.74) is 0.188. The minimum atomic E-state index is -0.444. The van der Waals surface area contributed by atoms with Gasteiger partial charge in [0.05, 0.1) is 11.4 Å². The van der Waals surface area contributed by atoms with Gasteiger partial charge >= 0.3 is 0 Å². The zero-order valence-electron chi connectivity index (χ0n) is 14.7. The van der Waals surface area contributed by atoms with Crippen LogP contribution in [0.5, 0.6) is 0 Å². The molecule has 1 heterocycles. The minimum Gasteiger partial charge on any atom is -0.323 e. The molecule has 1 amide bonds. The van der Waals surface area contributed by atoms with Crippen molar-refractivity contribution in [2.24, 2.45) is 0 Å². The number of rotatable bonds is 7. The van der Waals surface area contributed by atoms with E-state index in [9.17, 15) is 9.18 Å². The number of benzene rings is 1. The molecule has 3 rings (SSSR count). The third-order valence-electron chi connectivity index (χ3n) is 4.51. The summed E-state index contributed by atoms with van der Waals surface area (Å²) in [5, 5.41) is 12.0. The molecule has 0 atom stereocenters. The van der Waals surface area contributed by atoms with Crippen molar-refractivity contribution in [2.45, 2.75) is 49.7 Å². The maximum absolute atomic E-state index is 13.6. The Morgan fingerprint density at radius 1 is 1.31 bits per heavy atom. The molecule has 1 saturated carbocycles. The fourth-order valence-corrected chi connectivity index (χ4v) is 4.00. The summed E-state index contributed by atoms with van der Waals surface area (Å²) in [6.45, 7) is 4.44. The van der Waals surface area contributed by atoms with Gasteiger partial charge in [0.15, 0.2) is 5.16 Å². The van der Waals surface area contributed by atoms with E-state index in [2.05, 4.69) is 22.1 Å². The van der Waals surface area contributed by atoms with Crippen LogP contribution in [0.3, 0.4) is 0 Å². The number of thioether (sulfide) groups is 1. The Balaban J connectivity index is 1.65. The number of halogens is 1. The first-order chi connectivity index (χ1) is 12.7. The predicted molar refractivity (Wildman–Crippen MR) is 102 cm³/mol. The maximum Gasteiger partial charge on any atom is 0.234 e. The van der Waals surface area contributed by atoms with Crippen LogP contribution < -0.4 is 5.32 Å². The summed E-state index contributed by atoms with van der Waals surface area (Å²) in [4.78, 5) is 12.1. The molecule has 0 saturated heterocycles. The van der Waals surface area contributed by atoms with E-state index in [1.54, 1.807) is 18.2 Å². The van der Waals surface area contributed by atoms with E-state index in [1.807, 2.05) is 10.6 Å². The first-order valence-corrected chi connectivity index (χ1v) is 9.88. The molecule has 2 aromatic rings. The largest absolute Gasteiger partial charge is 0.323 e. The van der Waals surface area contributed by atoms with Crippen LogP contribution in [0.1, 0.15) is 43.8 Å². The van der Waals surface area contributed by atoms with Gasteiger partial charge in [0.1, 0.15) is 11.6 Å². The molecule has 0 unspecified atom stereocenters. The van der Waals surface area contributed by atoms with E-state index >= 15 is 0 Å². The van der Waals surface area contributed by atoms with Gasteiger partial charge in [-0.3, -0.25) is 4.79 Å². The molecule has 138 valence electrons. The Labute approximate surface area is 157 Å². The van der Waals surface area contributed by atoms with Crippen molar-refractivity contribution in [3.8, 4) is 0 Å². The molecule has 1 aliphatic carbocycles. The van der Waals surface area contributed by atoms with E-state index in [0.29, 0.717) is 17.6 Å². The van der Waals surface area contributed by atoms with Gasteiger partial charge in [0.25, 0.3) is 0 Å². The number of para-hydroxylation sites is 1. The van der Waals surface area contributed by atoms with Crippen molar-refractivity contribution in [1.29, 1.82) is 0 Å². The number of carbonyl (C=O) groups is 1. The van der Waals surface area contributed by atoms with Gasteiger partial charge in [-0.15, -0.1) is 16.8 Å². The normalized spacial score (nSPS) is 15.0. The highest BCUT2D eigenvalue weighted by atomic mass is 32.2. The van der Waals surface area contributed by atoms with Crippen LogP contribution >= 0.6 is 11.8 Å². The zero-order valence-corrected chi connectivity index (χ0v) is 15.5. The van der Waals surface area contributed by atoms with Crippen LogP contribution in [0.15, 0.2) is 42.1 Å². The third-order valence-corrected chi connectivity index (χ3v) is 5.47. The van der Waals surface area contributed by atoms with Crippen LogP contribution in [-0.4, -0.2) is 26.4 Å². The molecule has 1 aliphatic rings. The van der Waals surface area contributed by atoms with Crippen molar-refractivity contribution in [3.63, 3.8) is 0 Å². The van der Waals surface area contributed by atoms with Gasteiger partial charge in [-0.2, -0.15) is 0 Å². The second-order valence-electron chi connectivity index (χ2n) is 6.39. The van der Waals surface area contributed by atoms with Gasteiger partial charge < -0.3 is 9.88 Å².